The van der Waals surface area contributed by atoms with Gasteiger partial charge >= 0.3 is 0 Å². The Kier molecular flexibility index (Phi) is 128. The monoisotopic (exact) mass is 1640 g/mol. The van der Waals surface area contributed by atoms with Gasteiger partial charge in [-0.15, -0.1) is 50.5 Å². The fourth-order valence-corrected chi connectivity index (χ4v) is 10.3. The third-order valence-electron chi connectivity index (χ3n) is 17.1. The molecule has 0 bridgehead atoms. The molecule has 0 heterocycles. The van der Waals surface area contributed by atoms with Gasteiger partial charge in [0.05, 0.1) is 66.1 Å². The molecule has 0 fully saturated rings. The molecule has 0 aliphatic rings. The topological polar surface area (TPSA) is 473 Å². The van der Waals surface area contributed by atoms with E-state index in [-0.39, 0.29) is 20.5 Å². The first-order valence-electron chi connectivity index (χ1n) is 41.4. The van der Waals surface area contributed by atoms with Gasteiger partial charge in [-0.3, -0.25) is 19.2 Å². The summed E-state index contributed by atoms with van der Waals surface area (Å²) in [6.45, 7) is 3.80. The van der Waals surface area contributed by atoms with Gasteiger partial charge in [0.2, 0.25) is 0 Å². The van der Waals surface area contributed by atoms with Gasteiger partial charge in [0, 0.05) is 25.7 Å². The van der Waals surface area contributed by atoms with E-state index in [0.717, 1.165) is 25.7 Å². The van der Waals surface area contributed by atoms with Crippen LogP contribution in [0.3, 0.4) is 0 Å². The maximum absolute atomic E-state index is 10.6. The van der Waals surface area contributed by atoms with Crippen molar-refractivity contribution in [3.05, 3.63) is 0 Å². The van der Waals surface area contributed by atoms with E-state index in [4.69, 9.17) is 102 Å². The Morgan fingerprint density at radius 1 is 0.167 bits per heavy atom. The highest BCUT2D eigenvalue weighted by molar-refractivity contribution is 7.97. The minimum atomic E-state index is -1.22. The molecule has 0 aromatic carbocycles. The smallest absolute Gasteiger partial charge is 0.185 e. The molecule has 0 aliphatic carbocycles. The summed E-state index contributed by atoms with van der Waals surface area (Å²) in [6, 6.07) is 0. The molecule has 0 rings (SSSR count). The highest BCUT2D eigenvalue weighted by Crippen LogP contribution is 2.17. The summed E-state index contributed by atoms with van der Waals surface area (Å²) in [5, 5.41) is 166. The van der Waals surface area contributed by atoms with Crippen molar-refractivity contribution in [2.45, 2.75) is 423 Å². The lowest BCUT2D eigenvalue weighted by molar-refractivity contribution is -0.111. The second kappa shape index (κ2) is 110. The first-order valence-corrected chi connectivity index (χ1v) is 43.2. The van der Waals surface area contributed by atoms with Crippen molar-refractivity contribution in [2.75, 3.05) is 66.1 Å². The van der Waals surface area contributed by atoms with Gasteiger partial charge in [-0.2, -0.15) is 0 Å². The van der Waals surface area contributed by atoms with Crippen molar-refractivity contribution in [3.8, 4) is 0 Å². The summed E-state index contributed by atoms with van der Waals surface area (Å²) in [7, 11) is 0. The van der Waals surface area contributed by atoms with Crippen LogP contribution in [0.1, 0.15) is 362 Å². The van der Waals surface area contributed by atoms with Crippen molar-refractivity contribution in [1.82, 2.24) is 0 Å². The predicted molar refractivity (Wildman–Crippen MR) is 450 cm³/mol. The van der Waals surface area contributed by atoms with Crippen LogP contribution in [0.4, 0.5) is 0 Å². The molecule has 28 heteroatoms. The van der Waals surface area contributed by atoms with Gasteiger partial charge in [0.25, 0.3) is 0 Å². The lowest BCUT2D eigenvalue weighted by Crippen LogP contribution is -2.31. The van der Waals surface area contributed by atoms with Crippen LogP contribution in [0.5, 0.6) is 0 Å². The average molecular weight is 1640 g/mol. The highest BCUT2D eigenvalue weighted by atomic mass is 32.1. The number of hydrogen-bond acceptors (Lipinski definition) is 24. The second-order valence-corrected chi connectivity index (χ2v) is 29.6. The van der Waals surface area contributed by atoms with E-state index in [0.29, 0.717) is 25.7 Å². The van der Waals surface area contributed by atoms with E-state index in [1.165, 1.54) is 283 Å². The van der Waals surface area contributed by atoms with Crippen molar-refractivity contribution < 1.29 is 121 Å². The first-order chi connectivity index (χ1) is 51.7. The van der Waals surface area contributed by atoms with Crippen LogP contribution >= 0.6 is 50.5 Å². The molecule has 0 unspecified atom stereocenters. The molecular formula is C80H170O24S4. The van der Waals surface area contributed by atoms with Gasteiger partial charge in [0.1, 0.15) is 61.0 Å². The van der Waals surface area contributed by atoms with Crippen molar-refractivity contribution in [1.29, 1.82) is 0 Å². The van der Waals surface area contributed by atoms with Gasteiger partial charge in [-0.1, -0.05) is 310 Å². The molecule has 0 saturated heterocycles. The standard InChI is InChI=1S/4C15H30OS.5C4H10O4/c4*1-2-3-4-5-6-7-8-9-10-11-12-13-14-15(16)17;5*5-1-3(7)4(8)2-6/h4*2-14H2,1H3,(H,16,17);5*3-8H,1-2H2/t;;;;5*3-,4+. The lowest BCUT2D eigenvalue weighted by Gasteiger charge is -2.10. The minimum Gasteiger partial charge on any atom is -0.394 e. The normalized spacial score (nSPS) is 13.4. The molecule has 658 valence electrons. The van der Waals surface area contributed by atoms with Gasteiger partial charge < -0.3 is 102 Å². The molecular weight excluding hydrogens is 1470 g/mol. The number of aliphatic hydroxyl groups is 20. The van der Waals surface area contributed by atoms with Crippen molar-refractivity contribution >= 4 is 71.0 Å². The second-order valence-electron chi connectivity index (χ2n) is 27.6. The molecule has 0 spiro atoms. The Hall–Kier alpha value is -0.720. The van der Waals surface area contributed by atoms with E-state index < -0.39 is 127 Å². The molecule has 20 N–H and O–H groups in total. The number of unbranched alkanes of at least 4 members (excludes halogenated alkanes) is 44. The fraction of sp³-hybridized carbons (Fsp3) is 0.950. The van der Waals surface area contributed by atoms with E-state index >= 15 is 0 Å². The predicted octanol–water partition coefficient (Wildman–Crippen LogP) is 10.6. The van der Waals surface area contributed by atoms with Crippen LogP contribution in [-0.2, 0) is 19.2 Å². The van der Waals surface area contributed by atoms with Gasteiger partial charge in [0.15, 0.2) is 20.5 Å². The molecule has 10 atom stereocenters. The molecule has 0 aromatic rings. The van der Waals surface area contributed by atoms with Crippen LogP contribution < -0.4 is 0 Å². The lowest BCUT2D eigenvalue weighted by atomic mass is 10.0. The number of hydrogen-bond donors (Lipinski definition) is 24. The Morgan fingerprint density at radius 3 is 0.306 bits per heavy atom. The van der Waals surface area contributed by atoms with E-state index in [1.807, 2.05) is 0 Å². The minimum absolute atomic E-state index is 0.0390. The Balaban J connectivity index is -0.000000149. The van der Waals surface area contributed by atoms with Crippen molar-refractivity contribution in [3.63, 3.8) is 0 Å². The number of rotatable bonds is 67. The molecule has 0 aliphatic heterocycles. The molecule has 0 radical (unpaired) electrons. The van der Waals surface area contributed by atoms with Gasteiger partial charge in [-0.05, 0) is 25.7 Å². The molecule has 0 aromatic heterocycles. The van der Waals surface area contributed by atoms with Crippen LogP contribution in [0.2, 0.25) is 0 Å². The van der Waals surface area contributed by atoms with E-state index in [9.17, 15) is 19.2 Å². The number of carbonyl (C=O) groups excluding carboxylic acids is 4. The number of thiol groups is 4. The summed E-state index contributed by atoms with van der Waals surface area (Å²) in [5.74, 6) is 0. The molecule has 0 saturated carbocycles. The average Bonchev–Trinajstić information content (AvgIpc) is 1.12. The summed E-state index contributed by atoms with van der Waals surface area (Å²) < 4.78 is 0. The Bertz CT molecular complexity index is 1400. The summed E-state index contributed by atoms with van der Waals surface area (Å²) in [5.41, 5.74) is 0. The first kappa shape index (κ1) is 125. The zero-order valence-corrected chi connectivity index (χ0v) is 71.6. The summed E-state index contributed by atoms with van der Waals surface area (Å²) in [4.78, 5) is 42.4. The van der Waals surface area contributed by atoms with Crippen LogP contribution in [0.15, 0.2) is 0 Å². The van der Waals surface area contributed by atoms with Crippen LogP contribution in [-0.4, -0.2) is 250 Å². The molecule has 108 heavy (non-hydrogen) atoms. The zero-order chi connectivity index (χ0) is 83.9. The third-order valence-corrected chi connectivity index (χ3v) is 18.0. The SMILES string of the molecule is CCCCCCCCCCCCCCC(=O)S.CCCCCCCCCCCCCCC(=O)S.CCCCCCCCCCCCCCC(=O)S.CCCCCCCCCCCCCCC(=O)S.OC[C@@H](O)[C@@H](O)CO.OC[C@@H](O)[C@@H](O)CO.OC[C@@H](O)[C@@H](O)CO.OC[C@@H](O)[C@@H](O)CO.OC[C@@H](O)[C@@H](O)CO. The van der Waals surface area contributed by atoms with Crippen LogP contribution in [0.25, 0.3) is 0 Å². The molecule has 0 amide bonds. The largest absolute Gasteiger partial charge is 0.394 e. The van der Waals surface area contributed by atoms with Crippen molar-refractivity contribution in [2.24, 2.45) is 0 Å². The number of carbonyl (C=O) groups is 4. The summed E-state index contributed by atoms with van der Waals surface area (Å²) in [6.07, 6.45) is 54.7. The third kappa shape index (κ3) is 126. The van der Waals surface area contributed by atoms with E-state index in [2.05, 4.69) is 78.2 Å². The number of aliphatic hydroxyl groups excluding tert-OH is 20. The van der Waals surface area contributed by atoms with Crippen LogP contribution in [0, 0.1) is 0 Å². The molecule has 24 nitrogen and oxygen atoms in total. The maximum Gasteiger partial charge on any atom is 0.185 e. The Morgan fingerprint density at radius 2 is 0.241 bits per heavy atom. The van der Waals surface area contributed by atoms with Gasteiger partial charge in [-0.25, -0.2) is 0 Å². The summed E-state index contributed by atoms with van der Waals surface area (Å²) >= 11 is 15.1. The zero-order valence-electron chi connectivity index (χ0n) is 68.0. The van der Waals surface area contributed by atoms with E-state index in [1.54, 1.807) is 0 Å². The quantitative estimate of drug-likeness (QED) is 0.0199. The Labute approximate surface area is 677 Å². The highest BCUT2D eigenvalue weighted by Gasteiger charge is 2.15. The maximum atomic E-state index is 10.6. The fourth-order valence-electron chi connectivity index (χ4n) is 9.69.